The summed E-state index contributed by atoms with van der Waals surface area (Å²) in [6.07, 6.45) is 0. The summed E-state index contributed by atoms with van der Waals surface area (Å²) in [5.74, 6) is -1.49. The third-order valence-corrected chi connectivity index (χ3v) is 2.09. The molecule has 0 spiro atoms. The van der Waals surface area contributed by atoms with E-state index in [4.69, 9.17) is 15.6 Å². The number of benzene rings is 1. The van der Waals surface area contributed by atoms with Crippen LogP contribution in [0.5, 0.6) is 5.75 Å². The molecule has 0 saturated carbocycles. The summed E-state index contributed by atoms with van der Waals surface area (Å²) in [5, 5.41) is 8.68. The first-order valence-electron chi connectivity index (χ1n) is 4.29. The monoisotopic (exact) mass is 213 g/mol. The minimum absolute atomic E-state index is 0.0700. The lowest BCUT2D eigenvalue weighted by atomic mass is 10.0. The molecule has 0 bridgehead atoms. The van der Waals surface area contributed by atoms with Gasteiger partial charge in [-0.15, -0.1) is 0 Å². The molecule has 0 amide bonds. The van der Waals surface area contributed by atoms with E-state index in [2.05, 4.69) is 0 Å². The SMILES string of the molecule is COc1cc(C)c(F)c(C(N)C(=O)O)c1. The van der Waals surface area contributed by atoms with E-state index in [1.807, 2.05) is 0 Å². The molecule has 0 saturated heterocycles. The predicted molar refractivity (Wildman–Crippen MR) is 52.3 cm³/mol. The van der Waals surface area contributed by atoms with E-state index in [1.54, 1.807) is 0 Å². The van der Waals surface area contributed by atoms with Crippen LogP contribution >= 0.6 is 0 Å². The van der Waals surface area contributed by atoms with Crippen molar-refractivity contribution in [1.29, 1.82) is 0 Å². The van der Waals surface area contributed by atoms with Crippen LogP contribution in [-0.2, 0) is 4.79 Å². The summed E-state index contributed by atoms with van der Waals surface area (Å²) in [6, 6.07) is 1.40. The van der Waals surface area contributed by atoms with Crippen LogP contribution in [0.25, 0.3) is 0 Å². The van der Waals surface area contributed by atoms with Crippen LogP contribution < -0.4 is 10.5 Å². The first-order chi connectivity index (χ1) is 6.97. The first kappa shape index (κ1) is 11.5. The van der Waals surface area contributed by atoms with Gasteiger partial charge in [0.25, 0.3) is 0 Å². The van der Waals surface area contributed by atoms with Gasteiger partial charge >= 0.3 is 5.97 Å². The fourth-order valence-corrected chi connectivity index (χ4v) is 1.24. The number of ether oxygens (including phenoxy) is 1. The number of nitrogens with two attached hydrogens (primary N) is 1. The lowest BCUT2D eigenvalue weighted by Crippen LogP contribution is -2.22. The molecule has 82 valence electrons. The summed E-state index contributed by atoms with van der Waals surface area (Å²) < 4.78 is 18.4. The molecule has 15 heavy (non-hydrogen) atoms. The molecule has 5 heteroatoms. The van der Waals surface area contributed by atoms with Crippen molar-refractivity contribution in [1.82, 2.24) is 0 Å². The molecule has 0 radical (unpaired) electrons. The van der Waals surface area contributed by atoms with Gasteiger partial charge in [0.15, 0.2) is 0 Å². The third kappa shape index (κ3) is 2.24. The van der Waals surface area contributed by atoms with Gasteiger partial charge in [-0.25, -0.2) is 4.39 Å². The second-order valence-corrected chi connectivity index (χ2v) is 3.16. The molecule has 1 aromatic rings. The van der Waals surface area contributed by atoms with Crippen LogP contribution in [0.1, 0.15) is 17.2 Å². The Hall–Kier alpha value is -1.62. The highest BCUT2D eigenvalue weighted by Crippen LogP contribution is 2.24. The Labute approximate surface area is 86.5 Å². The summed E-state index contributed by atoms with van der Waals surface area (Å²) >= 11 is 0. The highest BCUT2D eigenvalue weighted by Gasteiger charge is 2.20. The van der Waals surface area contributed by atoms with E-state index in [-0.39, 0.29) is 5.56 Å². The fraction of sp³-hybridized carbons (Fsp3) is 0.300. The van der Waals surface area contributed by atoms with Gasteiger partial charge in [-0.3, -0.25) is 4.79 Å². The third-order valence-electron chi connectivity index (χ3n) is 2.09. The molecule has 0 aliphatic carbocycles. The smallest absolute Gasteiger partial charge is 0.325 e. The van der Waals surface area contributed by atoms with Crippen molar-refractivity contribution in [3.05, 3.63) is 29.1 Å². The number of hydrogen-bond acceptors (Lipinski definition) is 3. The zero-order chi connectivity index (χ0) is 11.6. The van der Waals surface area contributed by atoms with E-state index in [0.29, 0.717) is 11.3 Å². The topological polar surface area (TPSA) is 72.5 Å². The standard InChI is InChI=1S/C10H12FNO3/c1-5-3-6(15-2)4-7(8(5)11)9(12)10(13)14/h3-4,9H,12H2,1-2H3,(H,13,14). The maximum atomic E-state index is 13.5. The Kier molecular flexibility index (Phi) is 3.26. The van der Waals surface area contributed by atoms with E-state index >= 15 is 0 Å². The van der Waals surface area contributed by atoms with Gasteiger partial charge in [-0.05, 0) is 24.6 Å². The van der Waals surface area contributed by atoms with Crippen LogP contribution in [0.2, 0.25) is 0 Å². The number of carboxylic acid groups (broad SMARTS) is 1. The number of halogens is 1. The average molecular weight is 213 g/mol. The van der Waals surface area contributed by atoms with Crippen LogP contribution in [0, 0.1) is 12.7 Å². The van der Waals surface area contributed by atoms with E-state index in [0.717, 1.165) is 0 Å². The molecule has 0 aromatic heterocycles. The van der Waals surface area contributed by atoms with Crippen molar-refractivity contribution in [3.63, 3.8) is 0 Å². The van der Waals surface area contributed by atoms with Gasteiger partial charge in [-0.1, -0.05) is 0 Å². The van der Waals surface area contributed by atoms with Crippen LogP contribution in [0.3, 0.4) is 0 Å². The quantitative estimate of drug-likeness (QED) is 0.792. The molecule has 1 atom stereocenters. The van der Waals surface area contributed by atoms with E-state index in [9.17, 15) is 9.18 Å². The van der Waals surface area contributed by atoms with Gasteiger partial charge in [-0.2, -0.15) is 0 Å². The van der Waals surface area contributed by atoms with Crippen molar-refractivity contribution in [2.75, 3.05) is 7.11 Å². The number of hydrogen-bond donors (Lipinski definition) is 2. The van der Waals surface area contributed by atoms with Crippen LogP contribution in [0.15, 0.2) is 12.1 Å². The first-order valence-corrected chi connectivity index (χ1v) is 4.29. The Morgan fingerprint density at radius 3 is 2.67 bits per heavy atom. The van der Waals surface area contributed by atoms with Crippen LogP contribution in [0.4, 0.5) is 4.39 Å². The Balaban J connectivity index is 3.27. The lowest BCUT2D eigenvalue weighted by molar-refractivity contribution is -0.138. The van der Waals surface area contributed by atoms with Crippen molar-refractivity contribution in [2.24, 2.45) is 5.73 Å². The Bertz CT molecular complexity index is 392. The summed E-state index contributed by atoms with van der Waals surface area (Å²) in [4.78, 5) is 10.6. The van der Waals surface area contributed by atoms with Crippen molar-refractivity contribution in [2.45, 2.75) is 13.0 Å². The Morgan fingerprint density at radius 2 is 2.20 bits per heavy atom. The Morgan fingerprint density at radius 1 is 1.60 bits per heavy atom. The normalized spacial score (nSPS) is 12.3. The van der Waals surface area contributed by atoms with Gasteiger partial charge in [0, 0.05) is 5.56 Å². The highest BCUT2D eigenvalue weighted by atomic mass is 19.1. The van der Waals surface area contributed by atoms with Gasteiger partial charge < -0.3 is 15.6 Å². The number of rotatable bonds is 3. The molecule has 4 nitrogen and oxygen atoms in total. The molecule has 3 N–H and O–H groups in total. The molecule has 0 aliphatic heterocycles. The van der Waals surface area contributed by atoms with Crippen molar-refractivity contribution >= 4 is 5.97 Å². The lowest BCUT2D eigenvalue weighted by Gasteiger charge is -2.11. The molecular formula is C10H12FNO3. The zero-order valence-electron chi connectivity index (χ0n) is 8.45. The van der Waals surface area contributed by atoms with Crippen molar-refractivity contribution < 1.29 is 19.0 Å². The van der Waals surface area contributed by atoms with Gasteiger partial charge in [0.1, 0.15) is 17.6 Å². The molecule has 0 aliphatic rings. The molecule has 1 aromatic carbocycles. The number of carboxylic acids is 1. The number of methoxy groups -OCH3 is 1. The molecule has 1 unspecified atom stereocenters. The zero-order valence-corrected chi connectivity index (χ0v) is 8.45. The fourth-order valence-electron chi connectivity index (χ4n) is 1.24. The van der Waals surface area contributed by atoms with Gasteiger partial charge in [0.2, 0.25) is 0 Å². The van der Waals surface area contributed by atoms with E-state index < -0.39 is 17.8 Å². The summed E-state index contributed by atoms with van der Waals surface area (Å²) in [5.41, 5.74) is 5.57. The van der Waals surface area contributed by atoms with Crippen LogP contribution in [-0.4, -0.2) is 18.2 Å². The summed E-state index contributed by atoms with van der Waals surface area (Å²) in [6.45, 7) is 1.52. The molecular weight excluding hydrogens is 201 g/mol. The predicted octanol–water partition coefficient (Wildman–Crippen LogP) is 1.23. The van der Waals surface area contributed by atoms with E-state index in [1.165, 1.54) is 26.2 Å². The average Bonchev–Trinajstić information content (AvgIpc) is 2.20. The highest BCUT2D eigenvalue weighted by molar-refractivity contribution is 5.75. The minimum atomic E-state index is -1.38. The van der Waals surface area contributed by atoms with Gasteiger partial charge in [0.05, 0.1) is 7.11 Å². The number of carbonyl (C=O) groups is 1. The second-order valence-electron chi connectivity index (χ2n) is 3.16. The molecule has 0 heterocycles. The minimum Gasteiger partial charge on any atom is -0.497 e. The number of aliphatic carboxylic acids is 1. The second kappa shape index (κ2) is 4.27. The molecule has 0 fully saturated rings. The maximum absolute atomic E-state index is 13.5. The maximum Gasteiger partial charge on any atom is 0.325 e. The molecule has 1 rings (SSSR count). The largest absolute Gasteiger partial charge is 0.497 e. The number of aryl methyl sites for hydroxylation is 1. The van der Waals surface area contributed by atoms with Crippen molar-refractivity contribution in [3.8, 4) is 5.75 Å². The summed E-state index contributed by atoms with van der Waals surface area (Å²) in [7, 11) is 1.42.